The Bertz CT molecular complexity index is 1120. The summed E-state index contributed by atoms with van der Waals surface area (Å²) in [5.74, 6) is 0.286. The Morgan fingerprint density at radius 2 is 2.07 bits per heavy atom. The molecule has 1 aliphatic heterocycles. The Labute approximate surface area is 161 Å². The number of fused-ring (bicyclic) bond motifs is 2. The van der Waals surface area contributed by atoms with Crippen LogP contribution in [0.3, 0.4) is 0 Å². The third-order valence-corrected chi connectivity index (χ3v) is 7.29. The van der Waals surface area contributed by atoms with Gasteiger partial charge in [0.15, 0.2) is 16.6 Å². The lowest BCUT2D eigenvalue weighted by molar-refractivity contribution is 0.102. The normalized spacial score (nSPS) is 13.9. The molecular weight excluding hydrogens is 384 g/mol. The number of sulfonamides is 1. The number of Topliss-reactive ketones (excluding diaryl/α,β-unsaturated/α-hetero) is 1. The van der Waals surface area contributed by atoms with Gasteiger partial charge in [0, 0.05) is 18.3 Å². The fourth-order valence-corrected chi connectivity index (χ4v) is 5.10. The minimum atomic E-state index is -3.28. The summed E-state index contributed by atoms with van der Waals surface area (Å²) in [6.45, 7) is 2.07. The van der Waals surface area contributed by atoms with Crippen molar-refractivity contribution in [1.29, 1.82) is 0 Å². The molecule has 1 aliphatic rings. The maximum atomic E-state index is 12.6. The van der Waals surface area contributed by atoms with Gasteiger partial charge in [-0.25, -0.2) is 8.42 Å². The standard InChI is InChI=1S/C18H18N4O3S2/c1-2-27(24,25)22-10-8-13-11-14(6-7-15(13)22)16(23)12-26-18-20-19-17-5-3-4-9-21(17)18/h3-7,9,11H,2,8,10,12H2,1H3. The molecule has 0 saturated carbocycles. The molecule has 1 aromatic carbocycles. The smallest absolute Gasteiger partial charge is 0.234 e. The maximum absolute atomic E-state index is 12.6. The SMILES string of the molecule is CCS(=O)(=O)N1CCc2cc(C(=O)CSc3nnc4ccccn34)ccc21. The molecular formula is C18H18N4O3S2. The second kappa shape index (κ2) is 6.97. The monoisotopic (exact) mass is 402 g/mol. The minimum Gasteiger partial charge on any atom is -0.293 e. The number of nitrogens with zero attached hydrogens (tertiary/aromatic N) is 4. The van der Waals surface area contributed by atoms with Gasteiger partial charge < -0.3 is 0 Å². The van der Waals surface area contributed by atoms with Gasteiger partial charge in [0.25, 0.3) is 0 Å². The number of pyridine rings is 1. The van der Waals surface area contributed by atoms with Gasteiger partial charge in [-0.3, -0.25) is 13.5 Å². The molecule has 9 heteroatoms. The third-order valence-electron chi connectivity index (χ3n) is 4.57. The first kappa shape index (κ1) is 18.0. The number of thioether (sulfide) groups is 1. The Kier molecular flexibility index (Phi) is 4.65. The molecule has 0 aliphatic carbocycles. The van der Waals surface area contributed by atoms with Crippen LogP contribution in [0.15, 0.2) is 47.8 Å². The molecule has 0 radical (unpaired) electrons. The summed E-state index contributed by atoms with van der Waals surface area (Å²) in [6, 6.07) is 10.9. The molecule has 140 valence electrons. The van der Waals surface area contributed by atoms with E-state index in [1.54, 1.807) is 19.1 Å². The molecule has 0 fully saturated rings. The van der Waals surface area contributed by atoms with Crippen LogP contribution in [0.25, 0.3) is 5.65 Å². The van der Waals surface area contributed by atoms with E-state index in [-0.39, 0.29) is 17.3 Å². The summed E-state index contributed by atoms with van der Waals surface area (Å²) in [5.41, 5.74) is 2.91. The molecule has 0 N–H and O–H groups in total. The quantitative estimate of drug-likeness (QED) is 0.465. The zero-order valence-corrected chi connectivity index (χ0v) is 16.3. The van der Waals surface area contributed by atoms with Gasteiger partial charge in [-0.05, 0) is 49.2 Å². The van der Waals surface area contributed by atoms with Crippen molar-refractivity contribution in [3.63, 3.8) is 0 Å². The summed E-state index contributed by atoms with van der Waals surface area (Å²) in [6.07, 6.45) is 2.48. The fourth-order valence-electron chi connectivity index (χ4n) is 3.12. The van der Waals surface area contributed by atoms with Gasteiger partial charge in [-0.1, -0.05) is 17.8 Å². The van der Waals surface area contributed by atoms with Crippen LogP contribution in [0, 0.1) is 0 Å². The second-order valence-corrected chi connectivity index (χ2v) is 9.31. The van der Waals surface area contributed by atoms with Crippen LogP contribution < -0.4 is 4.31 Å². The lowest BCUT2D eigenvalue weighted by Crippen LogP contribution is -2.30. The van der Waals surface area contributed by atoms with Crippen molar-refractivity contribution in [3.8, 4) is 0 Å². The highest BCUT2D eigenvalue weighted by Gasteiger charge is 2.28. The summed E-state index contributed by atoms with van der Waals surface area (Å²) >= 11 is 1.33. The first-order valence-electron chi connectivity index (χ1n) is 8.58. The van der Waals surface area contributed by atoms with Crippen molar-refractivity contribution in [3.05, 3.63) is 53.7 Å². The summed E-state index contributed by atoms with van der Waals surface area (Å²) in [5, 5.41) is 8.86. The molecule has 0 saturated heterocycles. The van der Waals surface area contributed by atoms with Gasteiger partial charge in [0.2, 0.25) is 10.0 Å². The average molecular weight is 403 g/mol. The van der Waals surface area contributed by atoms with E-state index < -0.39 is 10.0 Å². The Morgan fingerprint density at radius 1 is 1.22 bits per heavy atom. The van der Waals surface area contributed by atoms with Crippen molar-refractivity contribution in [2.45, 2.75) is 18.5 Å². The molecule has 3 heterocycles. The molecule has 7 nitrogen and oxygen atoms in total. The molecule has 0 atom stereocenters. The topological polar surface area (TPSA) is 84.6 Å². The Hall–Kier alpha value is -2.39. The van der Waals surface area contributed by atoms with Gasteiger partial charge in [0.1, 0.15) is 0 Å². The maximum Gasteiger partial charge on any atom is 0.234 e. The van der Waals surface area contributed by atoms with Gasteiger partial charge in [-0.15, -0.1) is 10.2 Å². The van der Waals surface area contributed by atoms with Crippen LogP contribution in [0.2, 0.25) is 0 Å². The van der Waals surface area contributed by atoms with E-state index in [0.717, 1.165) is 11.2 Å². The van der Waals surface area contributed by atoms with E-state index in [1.165, 1.54) is 16.1 Å². The first-order chi connectivity index (χ1) is 13.0. The lowest BCUT2D eigenvalue weighted by Gasteiger charge is -2.18. The van der Waals surface area contributed by atoms with Crippen molar-refractivity contribution < 1.29 is 13.2 Å². The predicted molar refractivity (Wildman–Crippen MR) is 105 cm³/mol. The number of benzene rings is 1. The largest absolute Gasteiger partial charge is 0.293 e. The van der Waals surface area contributed by atoms with Gasteiger partial charge in [0.05, 0.1) is 17.2 Å². The Balaban J connectivity index is 1.50. The van der Waals surface area contributed by atoms with Crippen LogP contribution in [0.5, 0.6) is 0 Å². The average Bonchev–Trinajstić information content (AvgIpc) is 3.30. The molecule has 3 aromatic rings. The third kappa shape index (κ3) is 3.32. The second-order valence-electron chi connectivity index (χ2n) is 6.19. The van der Waals surface area contributed by atoms with E-state index >= 15 is 0 Å². The van der Waals surface area contributed by atoms with E-state index in [9.17, 15) is 13.2 Å². The summed E-state index contributed by atoms with van der Waals surface area (Å²) in [4.78, 5) is 12.6. The number of rotatable bonds is 6. The van der Waals surface area contributed by atoms with Crippen LogP contribution in [0.4, 0.5) is 5.69 Å². The van der Waals surface area contributed by atoms with Crippen LogP contribution in [-0.4, -0.2) is 46.8 Å². The molecule has 27 heavy (non-hydrogen) atoms. The fraction of sp³-hybridized carbons (Fsp3) is 0.278. The number of carbonyl (C=O) groups excluding carboxylic acids is 1. The van der Waals surface area contributed by atoms with Crippen LogP contribution in [-0.2, 0) is 16.4 Å². The molecule has 0 spiro atoms. The zero-order chi connectivity index (χ0) is 19.0. The molecule has 0 bridgehead atoms. The molecule has 0 unspecified atom stereocenters. The van der Waals surface area contributed by atoms with Gasteiger partial charge in [-0.2, -0.15) is 0 Å². The minimum absolute atomic E-state index is 0.0210. The molecule has 4 rings (SSSR count). The van der Waals surface area contributed by atoms with E-state index in [2.05, 4.69) is 10.2 Å². The summed E-state index contributed by atoms with van der Waals surface area (Å²) < 4.78 is 27.6. The number of anilines is 1. The van der Waals surface area contributed by atoms with E-state index in [0.29, 0.717) is 29.4 Å². The van der Waals surface area contributed by atoms with Crippen LogP contribution in [0.1, 0.15) is 22.8 Å². The van der Waals surface area contributed by atoms with E-state index in [4.69, 9.17) is 0 Å². The van der Waals surface area contributed by atoms with Crippen molar-refractivity contribution in [1.82, 2.24) is 14.6 Å². The first-order valence-corrected chi connectivity index (χ1v) is 11.2. The number of carbonyl (C=O) groups is 1. The lowest BCUT2D eigenvalue weighted by atomic mass is 10.1. The molecule has 2 aromatic heterocycles. The highest BCUT2D eigenvalue weighted by atomic mass is 32.2. The van der Waals surface area contributed by atoms with Crippen molar-refractivity contribution in [2.24, 2.45) is 0 Å². The number of hydrogen-bond donors (Lipinski definition) is 0. The highest BCUT2D eigenvalue weighted by Crippen LogP contribution is 2.31. The summed E-state index contributed by atoms with van der Waals surface area (Å²) in [7, 11) is -3.28. The van der Waals surface area contributed by atoms with Gasteiger partial charge >= 0.3 is 0 Å². The van der Waals surface area contributed by atoms with Crippen LogP contribution >= 0.6 is 11.8 Å². The predicted octanol–water partition coefficient (Wildman–Crippen LogP) is 2.42. The van der Waals surface area contributed by atoms with Crippen molar-refractivity contribution in [2.75, 3.05) is 22.4 Å². The van der Waals surface area contributed by atoms with Crippen molar-refractivity contribution >= 4 is 38.9 Å². The number of aromatic nitrogens is 3. The molecule has 0 amide bonds. The zero-order valence-electron chi connectivity index (χ0n) is 14.7. The highest BCUT2D eigenvalue weighted by molar-refractivity contribution is 7.99. The Morgan fingerprint density at radius 3 is 2.89 bits per heavy atom. The van der Waals surface area contributed by atoms with E-state index in [1.807, 2.05) is 34.9 Å². The number of ketones is 1. The number of hydrogen-bond acceptors (Lipinski definition) is 6.